The van der Waals surface area contributed by atoms with Crippen molar-refractivity contribution in [3.63, 3.8) is 0 Å². The maximum Gasteiger partial charge on any atom is 0.237 e. The van der Waals surface area contributed by atoms with Crippen LogP contribution in [0.25, 0.3) is 0 Å². The van der Waals surface area contributed by atoms with Crippen molar-refractivity contribution in [2.45, 2.75) is 18.9 Å². The number of phenolic OH excluding ortho intramolecular Hbond substituents is 1. The Morgan fingerprint density at radius 2 is 2.00 bits per heavy atom. The Bertz CT molecular complexity index is 395. The van der Waals surface area contributed by atoms with Gasteiger partial charge in [0, 0.05) is 13.2 Å². The Balaban J connectivity index is 2.20. The summed E-state index contributed by atoms with van der Waals surface area (Å²) in [4.78, 5) is 11.7. The molecular formula is C14H22N2O4. The van der Waals surface area contributed by atoms with Crippen LogP contribution in [-0.2, 0) is 16.0 Å². The monoisotopic (exact) mass is 282 g/mol. The van der Waals surface area contributed by atoms with Crippen LogP contribution in [-0.4, -0.2) is 48.5 Å². The van der Waals surface area contributed by atoms with Crippen LogP contribution in [0.2, 0.25) is 0 Å². The lowest BCUT2D eigenvalue weighted by atomic mass is 10.1. The van der Waals surface area contributed by atoms with Crippen molar-refractivity contribution in [3.05, 3.63) is 29.8 Å². The van der Waals surface area contributed by atoms with Gasteiger partial charge >= 0.3 is 0 Å². The maximum absolute atomic E-state index is 11.7. The molecule has 1 aromatic carbocycles. The van der Waals surface area contributed by atoms with Crippen molar-refractivity contribution in [2.75, 3.05) is 26.4 Å². The predicted molar refractivity (Wildman–Crippen MR) is 75.3 cm³/mol. The van der Waals surface area contributed by atoms with E-state index in [0.29, 0.717) is 32.6 Å². The van der Waals surface area contributed by atoms with Crippen LogP contribution in [0.3, 0.4) is 0 Å². The van der Waals surface area contributed by atoms with Crippen molar-refractivity contribution in [1.82, 2.24) is 5.32 Å². The average Bonchev–Trinajstić information content (AvgIpc) is 2.45. The Labute approximate surface area is 118 Å². The van der Waals surface area contributed by atoms with E-state index in [9.17, 15) is 4.79 Å². The first-order valence-electron chi connectivity index (χ1n) is 6.63. The van der Waals surface area contributed by atoms with Crippen LogP contribution in [0.4, 0.5) is 0 Å². The molecule has 0 fully saturated rings. The Morgan fingerprint density at radius 1 is 1.30 bits per heavy atom. The number of hydrogen-bond acceptors (Lipinski definition) is 5. The molecule has 0 radical (unpaired) electrons. The van der Waals surface area contributed by atoms with Crippen LogP contribution in [0.5, 0.6) is 5.75 Å². The van der Waals surface area contributed by atoms with Crippen LogP contribution >= 0.6 is 0 Å². The van der Waals surface area contributed by atoms with E-state index in [4.69, 9.17) is 20.7 Å². The van der Waals surface area contributed by atoms with Gasteiger partial charge in [0.1, 0.15) is 5.75 Å². The third-order valence-corrected chi connectivity index (χ3v) is 2.73. The molecule has 1 atom stereocenters. The second-order valence-electron chi connectivity index (χ2n) is 4.46. The largest absolute Gasteiger partial charge is 0.508 e. The van der Waals surface area contributed by atoms with Crippen molar-refractivity contribution < 1.29 is 19.7 Å². The molecule has 20 heavy (non-hydrogen) atoms. The van der Waals surface area contributed by atoms with Gasteiger partial charge in [-0.2, -0.15) is 0 Å². The summed E-state index contributed by atoms with van der Waals surface area (Å²) in [5.41, 5.74) is 6.71. The van der Waals surface area contributed by atoms with Gasteiger partial charge in [-0.1, -0.05) is 12.1 Å². The zero-order chi connectivity index (χ0) is 14.8. The molecule has 1 amide bonds. The predicted octanol–water partition coefficient (Wildman–Crippen LogP) is -0.223. The molecule has 0 aliphatic carbocycles. The molecule has 112 valence electrons. The number of aliphatic hydroxyl groups is 1. The van der Waals surface area contributed by atoms with Gasteiger partial charge in [-0.05, 0) is 30.5 Å². The Kier molecular flexibility index (Phi) is 7.64. The van der Waals surface area contributed by atoms with Crippen molar-refractivity contribution in [1.29, 1.82) is 0 Å². The van der Waals surface area contributed by atoms with Gasteiger partial charge < -0.3 is 26.0 Å². The number of nitrogens with two attached hydrogens (primary N) is 1. The van der Waals surface area contributed by atoms with Gasteiger partial charge in [0.05, 0.1) is 19.3 Å². The molecule has 0 spiro atoms. The molecule has 1 rings (SSSR count). The minimum absolute atomic E-state index is 0.00383. The topological polar surface area (TPSA) is 105 Å². The summed E-state index contributed by atoms with van der Waals surface area (Å²) in [5.74, 6) is -0.0186. The second-order valence-corrected chi connectivity index (χ2v) is 4.46. The summed E-state index contributed by atoms with van der Waals surface area (Å²) in [6.45, 7) is 1.31. The zero-order valence-electron chi connectivity index (χ0n) is 11.4. The summed E-state index contributed by atoms with van der Waals surface area (Å²) in [6.07, 6.45) is 1.10. The standard InChI is InChI=1S/C14H22N2O4/c15-13(10-11-2-4-12(18)5-3-11)14(19)16-6-1-8-20-9-7-17/h2-5,13,17-18H,1,6-10,15H2,(H,16,19)/t13-/m1/s1. The van der Waals surface area contributed by atoms with Crippen LogP contribution in [0.15, 0.2) is 24.3 Å². The molecule has 0 saturated carbocycles. The summed E-state index contributed by atoms with van der Waals surface area (Å²) in [5, 5.41) is 20.4. The van der Waals surface area contributed by atoms with Gasteiger partial charge in [0.2, 0.25) is 5.91 Å². The fourth-order valence-electron chi connectivity index (χ4n) is 1.66. The third-order valence-electron chi connectivity index (χ3n) is 2.73. The SMILES string of the molecule is N[C@H](Cc1ccc(O)cc1)C(=O)NCCCOCCO. The number of hydrogen-bond donors (Lipinski definition) is 4. The lowest BCUT2D eigenvalue weighted by Crippen LogP contribution is -2.42. The number of aliphatic hydroxyl groups excluding tert-OH is 1. The molecule has 6 heteroatoms. The molecule has 1 aromatic rings. The van der Waals surface area contributed by atoms with E-state index in [-0.39, 0.29) is 18.3 Å². The minimum Gasteiger partial charge on any atom is -0.508 e. The molecule has 0 heterocycles. The molecule has 0 saturated heterocycles. The molecule has 0 aliphatic heterocycles. The van der Waals surface area contributed by atoms with Crippen molar-refractivity contribution in [2.24, 2.45) is 5.73 Å². The van der Waals surface area contributed by atoms with Gasteiger partial charge in [-0.25, -0.2) is 0 Å². The summed E-state index contributed by atoms with van der Waals surface area (Å²) in [7, 11) is 0. The first-order valence-corrected chi connectivity index (χ1v) is 6.63. The highest BCUT2D eigenvalue weighted by atomic mass is 16.5. The van der Waals surface area contributed by atoms with E-state index < -0.39 is 6.04 Å². The van der Waals surface area contributed by atoms with E-state index >= 15 is 0 Å². The van der Waals surface area contributed by atoms with E-state index in [1.54, 1.807) is 24.3 Å². The fraction of sp³-hybridized carbons (Fsp3) is 0.500. The fourth-order valence-corrected chi connectivity index (χ4v) is 1.66. The normalized spacial score (nSPS) is 12.1. The Morgan fingerprint density at radius 3 is 2.65 bits per heavy atom. The summed E-state index contributed by atoms with van der Waals surface area (Å²) in [6, 6.07) is 6.01. The highest BCUT2D eigenvalue weighted by Gasteiger charge is 2.13. The number of aromatic hydroxyl groups is 1. The second kappa shape index (κ2) is 9.30. The molecule has 0 bridgehead atoms. The van der Waals surface area contributed by atoms with Crippen molar-refractivity contribution in [3.8, 4) is 5.75 Å². The van der Waals surface area contributed by atoms with E-state index in [2.05, 4.69) is 5.32 Å². The quantitative estimate of drug-likeness (QED) is 0.469. The lowest BCUT2D eigenvalue weighted by Gasteiger charge is -2.12. The van der Waals surface area contributed by atoms with Gasteiger partial charge in [-0.3, -0.25) is 4.79 Å². The van der Waals surface area contributed by atoms with Crippen LogP contribution < -0.4 is 11.1 Å². The maximum atomic E-state index is 11.7. The van der Waals surface area contributed by atoms with Gasteiger partial charge in [0.25, 0.3) is 0 Å². The van der Waals surface area contributed by atoms with Gasteiger partial charge in [0.15, 0.2) is 0 Å². The van der Waals surface area contributed by atoms with Crippen LogP contribution in [0.1, 0.15) is 12.0 Å². The molecular weight excluding hydrogens is 260 g/mol. The number of nitrogens with one attached hydrogen (secondary N) is 1. The number of amides is 1. The lowest BCUT2D eigenvalue weighted by molar-refractivity contribution is -0.122. The number of carbonyl (C=O) groups is 1. The van der Waals surface area contributed by atoms with E-state index in [1.165, 1.54) is 0 Å². The number of rotatable bonds is 9. The summed E-state index contributed by atoms with van der Waals surface area (Å²) < 4.78 is 5.08. The van der Waals surface area contributed by atoms with Gasteiger partial charge in [-0.15, -0.1) is 0 Å². The third kappa shape index (κ3) is 6.51. The van der Waals surface area contributed by atoms with E-state index in [0.717, 1.165) is 5.56 Å². The smallest absolute Gasteiger partial charge is 0.237 e. The highest BCUT2D eigenvalue weighted by molar-refractivity contribution is 5.81. The molecule has 0 aromatic heterocycles. The highest BCUT2D eigenvalue weighted by Crippen LogP contribution is 2.10. The average molecular weight is 282 g/mol. The molecule has 6 nitrogen and oxygen atoms in total. The molecule has 0 unspecified atom stereocenters. The Hall–Kier alpha value is -1.63. The number of benzene rings is 1. The minimum atomic E-state index is -0.613. The molecule has 0 aliphatic rings. The first kappa shape index (κ1) is 16.4. The van der Waals surface area contributed by atoms with Crippen molar-refractivity contribution >= 4 is 5.91 Å². The van der Waals surface area contributed by atoms with E-state index in [1.807, 2.05) is 0 Å². The summed E-state index contributed by atoms with van der Waals surface area (Å²) >= 11 is 0. The number of ether oxygens (including phenoxy) is 1. The number of carbonyl (C=O) groups excluding carboxylic acids is 1. The zero-order valence-corrected chi connectivity index (χ0v) is 11.4. The first-order chi connectivity index (χ1) is 9.63. The van der Waals surface area contributed by atoms with Crippen LogP contribution in [0, 0.1) is 0 Å². The molecule has 5 N–H and O–H groups in total. The number of phenols is 1.